The van der Waals surface area contributed by atoms with Gasteiger partial charge in [-0.05, 0) is 18.2 Å². The quantitative estimate of drug-likeness (QED) is 0.266. The van der Waals surface area contributed by atoms with Gasteiger partial charge in [-0.2, -0.15) is 0 Å². The number of ether oxygens (including phenoxy) is 3. The number of fused-ring (bicyclic) bond motifs is 1. The first-order valence-corrected chi connectivity index (χ1v) is 7.36. The Balaban J connectivity index is 1.54. The van der Waals surface area contributed by atoms with E-state index in [1.54, 1.807) is 0 Å². The molecule has 1 unspecified atom stereocenters. The number of hydrogen-bond acceptors (Lipinski definition) is 8. The first-order chi connectivity index (χ1) is 12.4. The Morgan fingerprint density at radius 2 is 2.08 bits per heavy atom. The molecule has 26 heavy (non-hydrogen) atoms. The number of nitro benzene ring substituents is 1. The first-order valence-electron chi connectivity index (χ1n) is 7.36. The predicted molar refractivity (Wildman–Crippen MR) is 80.9 cm³/mol. The van der Waals surface area contributed by atoms with E-state index >= 15 is 0 Å². The minimum absolute atomic E-state index is 0.0106. The molecule has 11 nitrogen and oxygen atoms in total. The second-order valence-corrected chi connectivity index (χ2v) is 5.34. The number of carbonyl (C=O) groups excluding carboxylic acids is 2. The van der Waals surface area contributed by atoms with E-state index in [0.29, 0.717) is 0 Å². The van der Waals surface area contributed by atoms with E-state index in [4.69, 9.17) is 14.2 Å². The van der Waals surface area contributed by atoms with Crippen LogP contribution in [0.3, 0.4) is 0 Å². The molecule has 0 spiro atoms. The van der Waals surface area contributed by atoms with E-state index in [1.807, 2.05) is 0 Å². The number of carboxylic acids is 1. The monoisotopic (exact) mass is 364 g/mol. The Kier molecular flexibility index (Phi) is 4.43. The minimum atomic E-state index is -1.25. The number of aliphatic carboxylic acids is 1. The summed E-state index contributed by atoms with van der Waals surface area (Å²) in [7, 11) is 0. The zero-order chi connectivity index (χ0) is 18.8. The number of hydrogen-bond donors (Lipinski definition) is 1. The Morgan fingerprint density at radius 1 is 1.38 bits per heavy atom. The van der Waals surface area contributed by atoms with Crippen molar-refractivity contribution in [3.05, 3.63) is 46.2 Å². The van der Waals surface area contributed by atoms with E-state index in [-0.39, 0.29) is 36.1 Å². The molecule has 0 aromatic heterocycles. The zero-order valence-electron chi connectivity index (χ0n) is 13.1. The smallest absolute Gasteiger partial charge is 0.479 e. The Hall–Kier alpha value is -3.63. The highest BCUT2D eigenvalue weighted by atomic mass is 16.7. The van der Waals surface area contributed by atoms with Crippen LogP contribution in [0.4, 0.5) is 10.5 Å². The molecule has 0 bridgehead atoms. The second-order valence-electron chi connectivity index (χ2n) is 5.34. The van der Waals surface area contributed by atoms with E-state index in [0.717, 1.165) is 17.0 Å². The molecule has 1 N–H and O–H groups in total. The van der Waals surface area contributed by atoms with Crippen LogP contribution >= 0.6 is 0 Å². The number of rotatable bonds is 5. The van der Waals surface area contributed by atoms with Crippen molar-refractivity contribution in [3.63, 3.8) is 0 Å². The fourth-order valence-electron chi connectivity index (χ4n) is 2.52. The van der Waals surface area contributed by atoms with Gasteiger partial charge in [-0.1, -0.05) is 0 Å². The third-order valence-electron chi connectivity index (χ3n) is 3.74. The van der Waals surface area contributed by atoms with Crippen molar-refractivity contribution in [2.45, 2.75) is 18.7 Å². The van der Waals surface area contributed by atoms with Crippen LogP contribution in [0.15, 0.2) is 36.1 Å². The van der Waals surface area contributed by atoms with Crippen molar-refractivity contribution in [3.8, 4) is 5.75 Å². The SMILES string of the molecule is O=C(OC/C=C1\OC2CC(=O)N2[C@H]1C(=O)O)Oc1ccc([N+](=O)[O-])cc1. The average molecular weight is 364 g/mol. The molecule has 2 heterocycles. The Labute approximate surface area is 145 Å². The summed E-state index contributed by atoms with van der Waals surface area (Å²) in [5.74, 6) is -1.52. The van der Waals surface area contributed by atoms with Gasteiger partial charge >= 0.3 is 12.1 Å². The molecule has 0 saturated carbocycles. The molecule has 1 aromatic carbocycles. The molecule has 2 aliphatic heterocycles. The molecule has 0 aliphatic carbocycles. The van der Waals surface area contributed by atoms with Gasteiger partial charge in [-0.15, -0.1) is 0 Å². The van der Waals surface area contributed by atoms with Gasteiger partial charge in [0.25, 0.3) is 5.69 Å². The number of nitrogens with zero attached hydrogens (tertiary/aromatic N) is 2. The predicted octanol–water partition coefficient (Wildman–Crippen LogP) is 1.04. The largest absolute Gasteiger partial charge is 0.514 e. The number of carbonyl (C=O) groups is 3. The maximum Gasteiger partial charge on any atom is 0.514 e. The molecule has 11 heteroatoms. The lowest BCUT2D eigenvalue weighted by Crippen LogP contribution is -2.54. The minimum Gasteiger partial charge on any atom is -0.479 e. The van der Waals surface area contributed by atoms with Gasteiger partial charge in [0.15, 0.2) is 12.3 Å². The van der Waals surface area contributed by atoms with E-state index < -0.39 is 29.3 Å². The van der Waals surface area contributed by atoms with Crippen molar-refractivity contribution < 1.29 is 38.6 Å². The van der Waals surface area contributed by atoms with Gasteiger partial charge < -0.3 is 19.3 Å². The summed E-state index contributed by atoms with van der Waals surface area (Å²) in [6.07, 6.45) is -0.354. The summed E-state index contributed by atoms with van der Waals surface area (Å²) in [5, 5.41) is 19.7. The number of β-lactam (4-membered cyclic amide) rings is 1. The van der Waals surface area contributed by atoms with Crippen molar-refractivity contribution in [1.82, 2.24) is 4.90 Å². The van der Waals surface area contributed by atoms with Gasteiger partial charge in [0.1, 0.15) is 18.1 Å². The first kappa shape index (κ1) is 17.2. The fraction of sp³-hybridized carbons (Fsp3) is 0.267. The summed E-state index contributed by atoms with van der Waals surface area (Å²) in [6, 6.07) is 3.55. The van der Waals surface area contributed by atoms with Crippen LogP contribution < -0.4 is 4.74 Å². The summed E-state index contributed by atoms with van der Waals surface area (Å²) < 4.78 is 14.9. The lowest BCUT2D eigenvalue weighted by Gasteiger charge is -2.33. The number of amides is 1. The van der Waals surface area contributed by atoms with E-state index in [2.05, 4.69) is 0 Å². The highest BCUT2D eigenvalue weighted by molar-refractivity contribution is 5.91. The topological polar surface area (TPSA) is 146 Å². The molecule has 2 fully saturated rings. The van der Waals surface area contributed by atoms with Crippen LogP contribution in [0.2, 0.25) is 0 Å². The Bertz CT molecular complexity index is 802. The van der Waals surface area contributed by atoms with E-state index in [1.165, 1.54) is 18.2 Å². The zero-order valence-corrected chi connectivity index (χ0v) is 13.1. The van der Waals surface area contributed by atoms with Crippen LogP contribution in [-0.4, -0.2) is 51.8 Å². The lowest BCUT2D eigenvalue weighted by molar-refractivity contribution is -0.384. The third-order valence-corrected chi connectivity index (χ3v) is 3.74. The van der Waals surface area contributed by atoms with Crippen molar-refractivity contribution in [2.75, 3.05) is 6.61 Å². The van der Waals surface area contributed by atoms with Gasteiger partial charge in [0.2, 0.25) is 5.91 Å². The molecular weight excluding hydrogens is 352 g/mol. The number of carboxylic acid groups (broad SMARTS) is 1. The summed E-state index contributed by atoms with van der Waals surface area (Å²) in [5.41, 5.74) is -0.160. The molecule has 2 aliphatic rings. The standard InChI is InChI=1S/C15H12N2O9/c18-11-7-12-16(11)13(14(19)20)10(26-12)5-6-24-15(21)25-9-3-1-8(2-4-9)17(22)23/h1-5,12-13H,6-7H2,(H,19,20)/b10-5-/t12?,13-/m1/s1. The van der Waals surface area contributed by atoms with Crippen LogP contribution in [0.5, 0.6) is 5.75 Å². The average Bonchev–Trinajstić information content (AvgIpc) is 2.88. The van der Waals surface area contributed by atoms with Gasteiger partial charge in [0.05, 0.1) is 11.3 Å². The van der Waals surface area contributed by atoms with Gasteiger partial charge in [-0.25, -0.2) is 9.59 Å². The lowest BCUT2D eigenvalue weighted by atomic mass is 10.1. The maximum atomic E-state index is 11.6. The normalized spacial score (nSPS) is 22.2. The molecule has 1 aromatic rings. The maximum absolute atomic E-state index is 11.6. The second kappa shape index (κ2) is 6.70. The third kappa shape index (κ3) is 3.27. The molecule has 1 amide bonds. The number of non-ortho nitro benzene ring substituents is 1. The van der Waals surface area contributed by atoms with Crippen LogP contribution in [-0.2, 0) is 19.1 Å². The van der Waals surface area contributed by atoms with E-state index in [9.17, 15) is 29.6 Å². The molecule has 0 radical (unpaired) electrons. The van der Waals surface area contributed by atoms with Crippen molar-refractivity contribution >= 4 is 23.7 Å². The highest BCUT2D eigenvalue weighted by Crippen LogP contribution is 2.36. The number of benzene rings is 1. The number of nitro groups is 1. The molecule has 3 rings (SSSR count). The molecule has 136 valence electrons. The molecule has 2 saturated heterocycles. The van der Waals surface area contributed by atoms with Gasteiger partial charge in [0, 0.05) is 12.1 Å². The highest BCUT2D eigenvalue weighted by Gasteiger charge is 2.53. The van der Waals surface area contributed by atoms with Crippen LogP contribution in [0.25, 0.3) is 0 Å². The molecule has 2 atom stereocenters. The Morgan fingerprint density at radius 3 is 2.65 bits per heavy atom. The van der Waals surface area contributed by atoms with Crippen LogP contribution in [0.1, 0.15) is 6.42 Å². The van der Waals surface area contributed by atoms with Gasteiger partial charge in [-0.3, -0.25) is 19.8 Å². The summed E-state index contributed by atoms with van der Waals surface area (Å²) in [6.45, 7) is -0.334. The summed E-state index contributed by atoms with van der Waals surface area (Å²) in [4.78, 5) is 45.3. The fourth-order valence-corrected chi connectivity index (χ4v) is 2.52. The summed E-state index contributed by atoms with van der Waals surface area (Å²) >= 11 is 0. The van der Waals surface area contributed by atoms with Crippen LogP contribution in [0, 0.1) is 10.1 Å². The van der Waals surface area contributed by atoms with Crippen molar-refractivity contribution in [2.24, 2.45) is 0 Å². The van der Waals surface area contributed by atoms with Crippen molar-refractivity contribution in [1.29, 1.82) is 0 Å². The molecular formula is C15H12N2O9.